The number of rotatable bonds is 6. The van der Waals surface area contributed by atoms with E-state index in [0.29, 0.717) is 5.02 Å². The summed E-state index contributed by atoms with van der Waals surface area (Å²) >= 11 is 6.09. The lowest BCUT2D eigenvalue weighted by Gasteiger charge is -2.20. The average Bonchev–Trinajstić information content (AvgIpc) is 2.66. The van der Waals surface area contributed by atoms with Crippen LogP contribution in [0.2, 0.25) is 5.02 Å². The number of hydrogen-bond acceptors (Lipinski definition) is 2. The van der Waals surface area contributed by atoms with Crippen LogP contribution >= 0.6 is 11.6 Å². The lowest BCUT2D eigenvalue weighted by atomic mass is 9.99. The summed E-state index contributed by atoms with van der Waals surface area (Å²) in [5.41, 5.74) is 1.76. The first-order chi connectivity index (χ1) is 12.6. The van der Waals surface area contributed by atoms with Gasteiger partial charge in [0.15, 0.2) is 18.2 Å². The molecule has 1 atom stereocenters. The third-order valence-electron chi connectivity index (χ3n) is 3.82. The van der Waals surface area contributed by atoms with E-state index in [9.17, 15) is 9.18 Å². The van der Waals surface area contributed by atoms with Gasteiger partial charge in [-0.1, -0.05) is 66.2 Å². The Morgan fingerprint density at radius 3 is 2.38 bits per heavy atom. The fraction of sp³-hybridized carbons (Fsp3) is 0.0952. The Morgan fingerprint density at radius 1 is 0.962 bits per heavy atom. The van der Waals surface area contributed by atoms with Gasteiger partial charge >= 0.3 is 0 Å². The molecule has 0 saturated carbocycles. The first kappa shape index (κ1) is 18.0. The van der Waals surface area contributed by atoms with Gasteiger partial charge in [-0.2, -0.15) is 0 Å². The van der Waals surface area contributed by atoms with Crippen molar-refractivity contribution >= 4 is 17.5 Å². The van der Waals surface area contributed by atoms with Gasteiger partial charge in [0.05, 0.1) is 6.04 Å². The molecular formula is C21H17ClFNO2. The Labute approximate surface area is 156 Å². The maximum Gasteiger partial charge on any atom is 0.258 e. The van der Waals surface area contributed by atoms with E-state index < -0.39 is 5.82 Å². The summed E-state index contributed by atoms with van der Waals surface area (Å²) in [6.07, 6.45) is 0. The molecule has 1 amide bonds. The molecule has 5 heteroatoms. The van der Waals surface area contributed by atoms with E-state index in [4.69, 9.17) is 16.3 Å². The Morgan fingerprint density at radius 2 is 1.65 bits per heavy atom. The minimum Gasteiger partial charge on any atom is -0.481 e. The maximum absolute atomic E-state index is 13.6. The van der Waals surface area contributed by atoms with E-state index in [-0.39, 0.29) is 24.3 Å². The molecule has 0 aliphatic carbocycles. The number of carbonyl (C=O) groups is 1. The fourth-order valence-electron chi connectivity index (χ4n) is 2.60. The maximum atomic E-state index is 13.6. The van der Waals surface area contributed by atoms with Crippen LogP contribution < -0.4 is 10.1 Å². The van der Waals surface area contributed by atoms with Crippen LogP contribution in [-0.4, -0.2) is 12.5 Å². The van der Waals surface area contributed by atoms with Gasteiger partial charge in [0.25, 0.3) is 5.91 Å². The first-order valence-corrected chi connectivity index (χ1v) is 8.48. The van der Waals surface area contributed by atoms with Gasteiger partial charge in [-0.05, 0) is 35.4 Å². The molecule has 0 saturated heterocycles. The van der Waals surface area contributed by atoms with E-state index in [2.05, 4.69) is 5.32 Å². The van der Waals surface area contributed by atoms with Gasteiger partial charge in [-0.25, -0.2) is 4.39 Å². The molecule has 0 aromatic heterocycles. The topological polar surface area (TPSA) is 38.3 Å². The van der Waals surface area contributed by atoms with Gasteiger partial charge in [0, 0.05) is 5.02 Å². The Hall–Kier alpha value is -2.85. The number of halogens is 2. The van der Waals surface area contributed by atoms with Crippen molar-refractivity contribution in [1.29, 1.82) is 0 Å². The summed E-state index contributed by atoms with van der Waals surface area (Å²) in [4.78, 5) is 12.4. The molecule has 0 heterocycles. The van der Waals surface area contributed by atoms with E-state index in [1.807, 2.05) is 42.5 Å². The second-order valence-corrected chi connectivity index (χ2v) is 6.12. The molecule has 0 bridgehead atoms. The molecule has 132 valence electrons. The molecule has 3 aromatic rings. The van der Waals surface area contributed by atoms with Crippen molar-refractivity contribution in [2.45, 2.75) is 6.04 Å². The van der Waals surface area contributed by atoms with Crippen molar-refractivity contribution in [3.8, 4) is 5.75 Å². The minimum absolute atomic E-state index is 0.0432. The standard InChI is InChI=1S/C21H17ClFNO2/c22-17-10-6-9-16(13-17)21(15-7-2-1-3-8-15)24-20(25)14-26-19-12-5-4-11-18(19)23/h1-13,21H,14H2,(H,24,25). The normalized spacial score (nSPS) is 11.6. The van der Waals surface area contributed by atoms with E-state index >= 15 is 0 Å². The van der Waals surface area contributed by atoms with Crippen LogP contribution in [0.15, 0.2) is 78.9 Å². The summed E-state index contributed by atoms with van der Waals surface area (Å²) < 4.78 is 18.9. The highest BCUT2D eigenvalue weighted by Crippen LogP contribution is 2.24. The van der Waals surface area contributed by atoms with Crippen LogP contribution in [0.4, 0.5) is 4.39 Å². The van der Waals surface area contributed by atoms with Crippen molar-refractivity contribution in [2.75, 3.05) is 6.61 Å². The lowest BCUT2D eigenvalue weighted by Crippen LogP contribution is -2.33. The number of carbonyl (C=O) groups excluding carboxylic acids is 1. The molecule has 1 N–H and O–H groups in total. The van der Waals surface area contributed by atoms with E-state index in [1.54, 1.807) is 24.3 Å². The predicted molar refractivity (Wildman–Crippen MR) is 99.8 cm³/mol. The molecule has 0 radical (unpaired) electrons. The third-order valence-corrected chi connectivity index (χ3v) is 4.05. The van der Waals surface area contributed by atoms with Crippen molar-refractivity contribution in [2.24, 2.45) is 0 Å². The molecule has 26 heavy (non-hydrogen) atoms. The zero-order valence-corrected chi connectivity index (χ0v) is 14.6. The number of amides is 1. The molecule has 3 rings (SSSR count). The summed E-state index contributed by atoms with van der Waals surface area (Å²) in [7, 11) is 0. The summed E-state index contributed by atoms with van der Waals surface area (Å²) in [6.45, 7) is -0.287. The molecule has 0 aliphatic rings. The minimum atomic E-state index is -0.505. The van der Waals surface area contributed by atoms with Crippen molar-refractivity contribution in [3.63, 3.8) is 0 Å². The number of benzene rings is 3. The van der Waals surface area contributed by atoms with Gasteiger partial charge in [0.1, 0.15) is 0 Å². The molecule has 0 fully saturated rings. The monoisotopic (exact) mass is 369 g/mol. The molecule has 0 aliphatic heterocycles. The second kappa shape index (κ2) is 8.50. The molecule has 0 spiro atoms. The van der Waals surface area contributed by atoms with Crippen LogP contribution in [0.25, 0.3) is 0 Å². The van der Waals surface area contributed by atoms with Crippen LogP contribution in [0, 0.1) is 5.82 Å². The average molecular weight is 370 g/mol. The molecule has 1 unspecified atom stereocenters. The number of hydrogen-bond donors (Lipinski definition) is 1. The van der Waals surface area contributed by atoms with Crippen molar-refractivity contribution in [1.82, 2.24) is 5.32 Å². The lowest BCUT2D eigenvalue weighted by molar-refractivity contribution is -0.123. The summed E-state index contributed by atoms with van der Waals surface area (Å²) in [5, 5.41) is 3.51. The Bertz CT molecular complexity index is 886. The van der Waals surface area contributed by atoms with Crippen LogP contribution in [-0.2, 0) is 4.79 Å². The second-order valence-electron chi connectivity index (χ2n) is 5.69. The molecule has 3 nitrogen and oxygen atoms in total. The quantitative estimate of drug-likeness (QED) is 0.680. The zero-order chi connectivity index (χ0) is 18.4. The highest BCUT2D eigenvalue weighted by atomic mass is 35.5. The van der Waals surface area contributed by atoms with Crippen molar-refractivity contribution in [3.05, 3.63) is 101 Å². The first-order valence-electron chi connectivity index (χ1n) is 8.10. The fourth-order valence-corrected chi connectivity index (χ4v) is 2.80. The van der Waals surface area contributed by atoms with Gasteiger partial charge < -0.3 is 10.1 Å². The predicted octanol–water partition coefficient (Wildman–Crippen LogP) is 4.76. The smallest absolute Gasteiger partial charge is 0.258 e. The largest absolute Gasteiger partial charge is 0.481 e. The zero-order valence-electron chi connectivity index (χ0n) is 13.9. The van der Waals surface area contributed by atoms with Gasteiger partial charge in [-0.15, -0.1) is 0 Å². The Kier molecular flexibility index (Phi) is 5.87. The van der Waals surface area contributed by atoms with Crippen LogP contribution in [0.3, 0.4) is 0 Å². The van der Waals surface area contributed by atoms with E-state index in [0.717, 1.165) is 11.1 Å². The van der Waals surface area contributed by atoms with Gasteiger partial charge in [0.2, 0.25) is 0 Å². The van der Waals surface area contributed by atoms with Crippen LogP contribution in [0.1, 0.15) is 17.2 Å². The molecule has 3 aromatic carbocycles. The number of para-hydroxylation sites is 1. The summed E-state index contributed by atoms with van der Waals surface area (Å²) in [5.74, 6) is -0.821. The van der Waals surface area contributed by atoms with E-state index in [1.165, 1.54) is 12.1 Å². The Balaban J connectivity index is 1.75. The van der Waals surface area contributed by atoms with Crippen LogP contribution in [0.5, 0.6) is 5.75 Å². The summed E-state index contributed by atoms with van der Waals surface area (Å²) in [6, 6.07) is 22.4. The van der Waals surface area contributed by atoms with Gasteiger partial charge in [-0.3, -0.25) is 4.79 Å². The highest BCUT2D eigenvalue weighted by Gasteiger charge is 2.17. The third kappa shape index (κ3) is 4.61. The number of ether oxygens (including phenoxy) is 1. The SMILES string of the molecule is O=C(COc1ccccc1F)NC(c1ccccc1)c1cccc(Cl)c1. The molecular weight excluding hydrogens is 353 g/mol. The highest BCUT2D eigenvalue weighted by molar-refractivity contribution is 6.30. The van der Waals surface area contributed by atoms with Crippen molar-refractivity contribution < 1.29 is 13.9 Å². The number of nitrogens with one attached hydrogen (secondary N) is 1.